The number of benzene rings is 3. The Morgan fingerprint density at radius 3 is 2.41 bits per heavy atom. The van der Waals surface area contributed by atoms with Gasteiger partial charge in [-0.05, 0) is 80.6 Å². The standard InChI is InChI=1S/C30H29F2N3O2/c1-17-7-5-8-18(2)26(17)24-15-20(11-14-25(24)37-4)28-33-19(3)27(35-28)29(36)34-23-10-6-9-22(16-23)30(31,32)21-12-13-21/h5-11,14-16,21H,12-13H2,1-4H3,(H,33,35)(H,34,36). The van der Waals surface area contributed by atoms with Crippen LogP contribution < -0.4 is 10.1 Å². The van der Waals surface area contributed by atoms with Crippen molar-refractivity contribution < 1.29 is 18.3 Å². The predicted octanol–water partition coefficient (Wildman–Crippen LogP) is 7.43. The van der Waals surface area contributed by atoms with Gasteiger partial charge in [0.05, 0.1) is 7.11 Å². The quantitative estimate of drug-likeness (QED) is 0.277. The predicted molar refractivity (Wildman–Crippen MR) is 141 cm³/mol. The summed E-state index contributed by atoms with van der Waals surface area (Å²) in [6.07, 6.45) is 1.05. The molecule has 7 heteroatoms. The highest BCUT2D eigenvalue weighted by molar-refractivity contribution is 6.04. The average molecular weight is 502 g/mol. The number of carbonyl (C=O) groups excluding carboxylic acids is 1. The van der Waals surface area contributed by atoms with E-state index in [9.17, 15) is 13.6 Å². The van der Waals surface area contributed by atoms with Crippen LogP contribution in [0.5, 0.6) is 5.75 Å². The summed E-state index contributed by atoms with van der Waals surface area (Å²) in [5.41, 5.74) is 6.09. The molecule has 1 saturated carbocycles. The van der Waals surface area contributed by atoms with Crippen molar-refractivity contribution >= 4 is 11.6 Å². The van der Waals surface area contributed by atoms with Crippen molar-refractivity contribution in [2.75, 3.05) is 12.4 Å². The highest BCUT2D eigenvalue weighted by Gasteiger charge is 2.47. The maximum absolute atomic E-state index is 14.6. The molecule has 0 saturated heterocycles. The van der Waals surface area contributed by atoms with Crippen LogP contribution in [-0.4, -0.2) is 23.0 Å². The fourth-order valence-electron chi connectivity index (χ4n) is 4.78. The summed E-state index contributed by atoms with van der Waals surface area (Å²) >= 11 is 0. The van der Waals surface area contributed by atoms with Gasteiger partial charge in [-0.3, -0.25) is 4.79 Å². The summed E-state index contributed by atoms with van der Waals surface area (Å²) in [5, 5.41) is 2.73. The van der Waals surface area contributed by atoms with Crippen molar-refractivity contribution in [3.05, 3.63) is 88.7 Å². The number of anilines is 1. The van der Waals surface area contributed by atoms with E-state index >= 15 is 0 Å². The number of H-pyrrole nitrogens is 1. The zero-order valence-corrected chi connectivity index (χ0v) is 21.3. The molecule has 1 fully saturated rings. The first-order valence-electron chi connectivity index (χ1n) is 12.3. The molecule has 0 atom stereocenters. The number of methoxy groups -OCH3 is 1. The van der Waals surface area contributed by atoms with E-state index in [1.807, 2.05) is 24.3 Å². The fraction of sp³-hybridized carbons (Fsp3) is 0.267. The smallest absolute Gasteiger partial charge is 0.276 e. The lowest BCUT2D eigenvalue weighted by molar-refractivity contribution is -0.0285. The molecule has 0 aliphatic heterocycles. The first kappa shape index (κ1) is 24.7. The van der Waals surface area contributed by atoms with Crippen LogP contribution in [0.15, 0.2) is 60.7 Å². The number of nitrogens with zero attached hydrogens (tertiary/aromatic N) is 1. The van der Waals surface area contributed by atoms with Crippen LogP contribution in [0.2, 0.25) is 0 Å². The first-order valence-corrected chi connectivity index (χ1v) is 12.3. The summed E-state index contributed by atoms with van der Waals surface area (Å²) in [6.45, 7) is 5.88. The van der Waals surface area contributed by atoms with Crippen LogP contribution in [0, 0.1) is 26.7 Å². The second-order valence-electron chi connectivity index (χ2n) is 9.67. The van der Waals surface area contributed by atoms with Gasteiger partial charge in [0.25, 0.3) is 11.8 Å². The van der Waals surface area contributed by atoms with Gasteiger partial charge in [-0.15, -0.1) is 0 Å². The third kappa shape index (κ3) is 4.73. The molecule has 1 aliphatic carbocycles. The molecule has 2 N–H and O–H groups in total. The van der Waals surface area contributed by atoms with Gasteiger partial charge in [0.15, 0.2) is 0 Å². The Morgan fingerprint density at radius 1 is 1.03 bits per heavy atom. The van der Waals surface area contributed by atoms with Crippen molar-refractivity contribution in [3.8, 4) is 28.3 Å². The van der Waals surface area contributed by atoms with Gasteiger partial charge in [0, 0.05) is 34.0 Å². The Morgan fingerprint density at radius 2 is 1.73 bits per heavy atom. The minimum Gasteiger partial charge on any atom is -0.496 e. The topological polar surface area (TPSA) is 67.0 Å². The van der Waals surface area contributed by atoms with Gasteiger partial charge in [-0.2, -0.15) is 0 Å². The summed E-state index contributed by atoms with van der Waals surface area (Å²) in [5.74, 6) is -2.70. The zero-order chi connectivity index (χ0) is 26.3. The largest absolute Gasteiger partial charge is 0.496 e. The molecular formula is C30H29F2N3O2. The molecule has 0 radical (unpaired) electrons. The molecule has 0 bridgehead atoms. The summed E-state index contributed by atoms with van der Waals surface area (Å²) < 4.78 is 34.8. The Balaban J connectivity index is 1.44. The number of alkyl halides is 2. The normalized spacial score (nSPS) is 13.5. The minimum atomic E-state index is -2.89. The number of amides is 1. The van der Waals surface area contributed by atoms with Gasteiger partial charge < -0.3 is 15.0 Å². The van der Waals surface area contributed by atoms with Gasteiger partial charge in [0.2, 0.25) is 0 Å². The molecule has 0 spiro atoms. The number of imidazole rings is 1. The molecule has 0 unspecified atom stereocenters. The maximum atomic E-state index is 14.6. The Labute approximate surface area is 214 Å². The molecule has 5 nitrogen and oxygen atoms in total. The summed E-state index contributed by atoms with van der Waals surface area (Å²) in [6, 6.07) is 17.8. The number of hydrogen-bond acceptors (Lipinski definition) is 3. The average Bonchev–Trinajstić information content (AvgIpc) is 3.66. The minimum absolute atomic E-state index is 0.0792. The number of ether oxygens (including phenoxy) is 1. The van der Waals surface area contributed by atoms with Crippen molar-refractivity contribution in [2.24, 2.45) is 5.92 Å². The van der Waals surface area contributed by atoms with Gasteiger partial charge in [-0.25, -0.2) is 13.8 Å². The van der Waals surface area contributed by atoms with Crippen molar-refractivity contribution in [3.63, 3.8) is 0 Å². The highest BCUT2D eigenvalue weighted by atomic mass is 19.3. The number of halogens is 2. The van der Waals surface area contributed by atoms with Crippen LogP contribution in [0.3, 0.4) is 0 Å². The number of rotatable bonds is 7. The van der Waals surface area contributed by atoms with Gasteiger partial charge >= 0.3 is 0 Å². The van der Waals surface area contributed by atoms with Crippen LogP contribution in [0.4, 0.5) is 14.5 Å². The van der Waals surface area contributed by atoms with Gasteiger partial charge in [-0.1, -0.05) is 30.3 Å². The number of aryl methyl sites for hydroxylation is 3. The van der Waals surface area contributed by atoms with Crippen LogP contribution in [-0.2, 0) is 5.92 Å². The lowest BCUT2D eigenvalue weighted by Gasteiger charge is -2.17. The lowest BCUT2D eigenvalue weighted by atomic mass is 9.94. The van der Waals surface area contributed by atoms with E-state index < -0.39 is 17.7 Å². The van der Waals surface area contributed by atoms with E-state index in [0.29, 0.717) is 30.0 Å². The molecule has 4 aromatic rings. The van der Waals surface area contributed by atoms with E-state index in [4.69, 9.17) is 4.74 Å². The van der Waals surface area contributed by atoms with Crippen molar-refractivity contribution in [2.45, 2.75) is 39.5 Å². The van der Waals surface area contributed by atoms with Crippen LogP contribution in [0.1, 0.15) is 45.7 Å². The third-order valence-electron chi connectivity index (χ3n) is 6.92. The number of nitrogens with one attached hydrogen (secondary N) is 2. The molecule has 5 rings (SSSR count). The highest BCUT2D eigenvalue weighted by Crippen LogP contribution is 2.50. The summed E-state index contributed by atoms with van der Waals surface area (Å²) in [4.78, 5) is 20.8. The lowest BCUT2D eigenvalue weighted by Crippen LogP contribution is -2.18. The second kappa shape index (κ2) is 9.47. The molecular weight excluding hydrogens is 472 g/mol. The first-order chi connectivity index (χ1) is 17.7. The SMILES string of the molecule is COc1ccc(-c2nc(C(=O)Nc3cccc(C(F)(F)C4CC4)c3)c(C)[nH]2)cc1-c1c(C)cccc1C. The van der Waals surface area contributed by atoms with Gasteiger partial charge in [0.1, 0.15) is 17.3 Å². The van der Waals surface area contributed by atoms with Crippen molar-refractivity contribution in [1.82, 2.24) is 9.97 Å². The van der Waals surface area contributed by atoms with Crippen LogP contribution >= 0.6 is 0 Å². The Hall–Kier alpha value is -4.00. The molecule has 1 aromatic heterocycles. The third-order valence-corrected chi connectivity index (χ3v) is 6.92. The number of aromatic amines is 1. The molecule has 1 heterocycles. The van der Waals surface area contributed by atoms with E-state index in [0.717, 1.165) is 33.6 Å². The second-order valence-corrected chi connectivity index (χ2v) is 9.67. The summed E-state index contributed by atoms with van der Waals surface area (Å²) in [7, 11) is 1.64. The molecule has 1 aliphatic rings. The monoisotopic (exact) mass is 501 g/mol. The molecule has 3 aromatic carbocycles. The maximum Gasteiger partial charge on any atom is 0.276 e. The molecule has 190 valence electrons. The van der Waals surface area contributed by atoms with E-state index in [2.05, 4.69) is 41.3 Å². The number of aromatic nitrogens is 2. The van der Waals surface area contributed by atoms with Crippen LogP contribution in [0.25, 0.3) is 22.5 Å². The van der Waals surface area contributed by atoms with E-state index in [1.165, 1.54) is 18.2 Å². The Bertz CT molecular complexity index is 1470. The Kier molecular flexibility index (Phi) is 6.31. The van der Waals surface area contributed by atoms with Crippen molar-refractivity contribution in [1.29, 1.82) is 0 Å². The molecule has 1 amide bonds. The number of carbonyl (C=O) groups is 1. The molecule has 37 heavy (non-hydrogen) atoms. The van der Waals surface area contributed by atoms with E-state index in [1.54, 1.807) is 20.1 Å². The number of hydrogen-bond donors (Lipinski definition) is 2. The zero-order valence-electron chi connectivity index (χ0n) is 21.3. The fourth-order valence-corrected chi connectivity index (χ4v) is 4.78. The van der Waals surface area contributed by atoms with E-state index in [-0.39, 0.29) is 11.3 Å².